The zero-order valence-corrected chi connectivity index (χ0v) is 20.3. The lowest BCUT2D eigenvalue weighted by atomic mass is 10.1. The van der Waals surface area contributed by atoms with Crippen LogP contribution in [0.15, 0.2) is 47.8 Å². The van der Waals surface area contributed by atoms with Crippen molar-refractivity contribution in [2.75, 3.05) is 36.0 Å². The van der Waals surface area contributed by atoms with Crippen molar-refractivity contribution in [1.82, 2.24) is 9.88 Å². The van der Waals surface area contributed by atoms with E-state index in [-0.39, 0.29) is 5.91 Å². The lowest BCUT2D eigenvalue weighted by molar-refractivity contribution is -0.115. The maximum atomic E-state index is 12.5. The van der Waals surface area contributed by atoms with E-state index in [1.807, 2.05) is 18.2 Å². The van der Waals surface area contributed by atoms with Gasteiger partial charge in [0.15, 0.2) is 5.13 Å². The van der Waals surface area contributed by atoms with Gasteiger partial charge in [-0.25, -0.2) is 4.98 Å². The summed E-state index contributed by atoms with van der Waals surface area (Å²) in [6, 6.07) is 14.6. The number of anilines is 3. The molecule has 1 fully saturated rings. The molecule has 3 aromatic rings. The number of carbonyl (C=O) groups excluding carboxylic acids is 1. The molecule has 0 radical (unpaired) electrons. The van der Waals surface area contributed by atoms with Gasteiger partial charge in [0.25, 0.3) is 0 Å². The van der Waals surface area contributed by atoms with Crippen LogP contribution in [0.5, 0.6) is 0 Å². The van der Waals surface area contributed by atoms with Gasteiger partial charge in [0, 0.05) is 50.7 Å². The fourth-order valence-corrected chi connectivity index (χ4v) is 5.23. The molecule has 0 N–H and O–H groups in total. The number of rotatable bonds is 6. The van der Waals surface area contributed by atoms with Crippen LogP contribution in [0.3, 0.4) is 0 Å². The maximum absolute atomic E-state index is 12.5. The highest BCUT2D eigenvalue weighted by Gasteiger charge is 2.22. The van der Waals surface area contributed by atoms with Crippen LogP contribution >= 0.6 is 11.3 Å². The van der Waals surface area contributed by atoms with E-state index >= 15 is 0 Å². The van der Waals surface area contributed by atoms with E-state index in [1.165, 1.54) is 16.8 Å². The smallest absolute Gasteiger partial charge is 0.230 e. The minimum absolute atomic E-state index is 0.00561. The summed E-state index contributed by atoms with van der Waals surface area (Å²) < 4.78 is 0. The third-order valence-corrected chi connectivity index (χ3v) is 7.21. The van der Waals surface area contributed by atoms with Gasteiger partial charge in [0.1, 0.15) is 0 Å². The molecule has 5 nitrogen and oxygen atoms in total. The summed E-state index contributed by atoms with van der Waals surface area (Å²) in [5.74, 6) is -0.00561. The Morgan fingerprint density at radius 2 is 1.81 bits per heavy atom. The van der Waals surface area contributed by atoms with Crippen molar-refractivity contribution in [3.05, 3.63) is 70.2 Å². The number of aromatic nitrogens is 1. The molecule has 1 aromatic heterocycles. The molecule has 1 amide bonds. The molecule has 1 aliphatic heterocycles. The molecule has 0 atom stereocenters. The van der Waals surface area contributed by atoms with Gasteiger partial charge in [-0.15, -0.1) is 11.3 Å². The van der Waals surface area contributed by atoms with Gasteiger partial charge in [0.2, 0.25) is 5.91 Å². The Labute approximate surface area is 195 Å². The number of thiazole rings is 1. The van der Waals surface area contributed by atoms with Crippen LogP contribution in [0.2, 0.25) is 0 Å². The lowest BCUT2D eigenvalue weighted by Gasteiger charge is -2.36. The normalized spacial score (nSPS) is 14.6. The van der Waals surface area contributed by atoms with Gasteiger partial charge in [0.05, 0.1) is 11.4 Å². The van der Waals surface area contributed by atoms with Crippen LogP contribution < -0.4 is 9.80 Å². The SMILES string of the molecule is CCc1ccccc1N(C(C)=O)c1nc(CN2CCN(c3cccc(C)c3C)CC2)cs1. The minimum atomic E-state index is -0.00561. The standard InChI is InChI=1S/C26H32N4OS/c1-5-22-10-6-7-11-25(22)30(21(4)31)26-27-23(18-32-26)17-28-13-15-29(16-14-28)24-12-8-9-19(2)20(24)3/h6-12,18H,5,13-17H2,1-4H3. The molecule has 6 heteroatoms. The Morgan fingerprint density at radius 3 is 2.53 bits per heavy atom. The number of piperazine rings is 1. The van der Waals surface area contributed by atoms with Crippen LogP contribution in [-0.4, -0.2) is 42.0 Å². The molecule has 1 saturated heterocycles. The molecular weight excluding hydrogens is 416 g/mol. The van der Waals surface area contributed by atoms with E-state index in [0.717, 1.165) is 61.2 Å². The Morgan fingerprint density at radius 1 is 1.06 bits per heavy atom. The molecule has 32 heavy (non-hydrogen) atoms. The molecule has 0 spiro atoms. The Kier molecular flexibility index (Phi) is 6.92. The quantitative estimate of drug-likeness (QED) is 0.511. The predicted molar refractivity (Wildman–Crippen MR) is 134 cm³/mol. The van der Waals surface area contributed by atoms with Crippen molar-refractivity contribution in [2.45, 2.75) is 40.7 Å². The van der Waals surface area contributed by atoms with E-state index < -0.39 is 0 Å². The summed E-state index contributed by atoms with van der Waals surface area (Å²) in [6.07, 6.45) is 0.878. The molecule has 0 unspecified atom stereocenters. The summed E-state index contributed by atoms with van der Waals surface area (Å²) in [7, 11) is 0. The summed E-state index contributed by atoms with van der Waals surface area (Å²) in [5, 5.41) is 2.85. The number of benzene rings is 2. The summed E-state index contributed by atoms with van der Waals surface area (Å²) in [6.45, 7) is 13.0. The van der Waals surface area contributed by atoms with Crippen LogP contribution in [0.25, 0.3) is 0 Å². The highest BCUT2D eigenvalue weighted by molar-refractivity contribution is 7.14. The Balaban J connectivity index is 1.43. The molecule has 0 bridgehead atoms. The van der Waals surface area contributed by atoms with Crippen molar-refractivity contribution in [3.8, 4) is 0 Å². The van der Waals surface area contributed by atoms with Crippen LogP contribution in [0.4, 0.5) is 16.5 Å². The highest BCUT2D eigenvalue weighted by Crippen LogP contribution is 2.32. The third kappa shape index (κ3) is 4.71. The molecule has 2 aromatic carbocycles. The molecule has 0 saturated carbocycles. The van der Waals surface area contributed by atoms with Crippen LogP contribution in [0.1, 0.15) is 36.2 Å². The first-order chi connectivity index (χ1) is 15.5. The van der Waals surface area contributed by atoms with E-state index in [1.54, 1.807) is 23.2 Å². The number of para-hydroxylation sites is 1. The van der Waals surface area contributed by atoms with Crippen molar-refractivity contribution in [2.24, 2.45) is 0 Å². The topological polar surface area (TPSA) is 39.7 Å². The molecule has 4 rings (SSSR count). The third-order valence-electron chi connectivity index (χ3n) is 6.33. The van der Waals surface area contributed by atoms with Crippen molar-refractivity contribution in [3.63, 3.8) is 0 Å². The first kappa shape index (κ1) is 22.5. The lowest BCUT2D eigenvalue weighted by Crippen LogP contribution is -2.46. The van der Waals surface area contributed by atoms with Gasteiger partial charge < -0.3 is 4.90 Å². The Hall–Kier alpha value is -2.70. The average molecular weight is 449 g/mol. The second-order valence-electron chi connectivity index (χ2n) is 8.44. The number of nitrogens with zero attached hydrogens (tertiary/aromatic N) is 4. The predicted octanol–water partition coefficient (Wildman–Crippen LogP) is 5.33. The number of hydrogen-bond acceptors (Lipinski definition) is 5. The fourth-order valence-electron chi connectivity index (χ4n) is 4.36. The van der Waals surface area contributed by atoms with Crippen LogP contribution in [-0.2, 0) is 17.8 Å². The van der Waals surface area contributed by atoms with Crippen molar-refractivity contribution < 1.29 is 4.79 Å². The number of amides is 1. The van der Waals surface area contributed by atoms with Gasteiger partial charge in [-0.3, -0.25) is 14.6 Å². The highest BCUT2D eigenvalue weighted by atomic mass is 32.1. The van der Waals surface area contributed by atoms with Gasteiger partial charge in [-0.2, -0.15) is 0 Å². The zero-order chi connectivity index (χ0) is 22.7. The van der Waals surface area contributed by atoms with Crippen molar-refractivity contribution >= 4 is 33.8 Å². The van der Waals surface area contributed by atoms with E-state index in [0.29, 0.717) is 0 Å². The fraction of sp³-hybridized carbons (Fsp3) is 0.385. The molecular formula is C26H32N4OS. The second kappa shape index (κ2) is 9.84. The molecule has 2 heterocycles. The van der Waals surface area contributed by atoms with Crippen molar-refractivity contribution in [1.29, 1.82) is 0 Å². The number of carbonyl (C=O) groups is 1. The van der Waals surface area contributed by atoms with Gasteiger partial charge in [-0.1, -0.05) is 37.3 Å². The minimum Gasteiger partial charge on any atom is -0.369 e. The largest absolute Gasteiger partial charge is 0.369 e. The monoisotopic (exact) mass is 448 g/mol. The number of aryl methyl sites for hydroxylation is 2. The summed E-state index contributed by atoms with van der Waals surface area (Å²) >= 11 is 1.55. The van der Waals surface area contributed by atoms with Crippen LogP contribution in [0, 0.1) is 13.8 Å². The van der Waals surface area contributed by atoms with E-state index in [9.17, 15) is 4.79 Å². The first-order valence-corrected chi connectivity index (χ1v) is 12.2. The molecule has 168 valence electrons. The summed E-state index contributed by atoms with van der Waals surface area (Å²) in [4.78, 5) is 24.1. The average Bonchev–Trinajstić information content (AvgIpc) is 3.24. The first-order valence-electron chi connectivity index (χ1n) is 11.3. The second-order valence-corrected chi connectivity index (χ2v) is 9.28. The van der Waals surface area contributed by atoms with Gasteiger partial charge in [-0.05, 0) is 49.1 Å². The maximum Gasteiger partial charge on any atom is 0.230 e. The summed E-state index contributed by atoms with van der Waals surface area (Å²) in [5.41, 5.74) is 7.20. The van der Waals surface area contributed by atoms with E-state index in [2.05, 4.69) is 60.2 Å². The zero-order valence-electron chi connectivity index (χ0n) is 19.5. The van der Waals surface area contributed by atoms with Gasteiger partial charge >= 0.3 is 0 Å². The molecule has 1 aliphatic rings. The van der Waals surface area contributed by atoms with E-state index in [4.69, 9.17) is 4.98 Å². The Bertz CT molecular complexity index is 1080. The molecule has 0 aliphatic carbocycles. The number of hydrogen-bond donors (Lipinski definition) is 0.